The molecule has 0 spiro atoms. The Morgan fingerprint density at radius 2 is 2.06 bits per heavy atom. The molecule has 0 heterocycles. The first kappa shape index (κ1) is 14.2. The van der Waals surface area contributed by atoms with Gasteiger partial charge in [0.05, 0.1) is 6.10 Å². The van der Waals surface area contributed by atoms with E-state index < -0.39 is 6.10 Å². The number of rotatable bonds is 0. The zero-order chi connectivity index (χ0) is 13.0. The molecule has 0 saturated heterocycles. The number of aliphatic hydroxyl groups excluding tert-OH is 1. The average Bonchev–Trinajstić information content (AvgIpc) is 2.23. The van der Waals surface area contributed by atoms with Crippen LogP contribution in [0.1, 0.15) is 53.4 Å². The van der Waals surface area contributed by atoms with Crippen LogP contribution in [0.2, 0.25) is 0 Å². The SMILES string of the molecule is CC(C)=C1CC(=O)[C@@H](C)CC/C=C(\C)CC1O. The number of aliphatic hydroxyl groups is 1. The fourth-order valence-corrected chi connectivity index (χ4v) is 2.24. The van der Waals surface area contributed by atoms with E-state index in [2.05, 4.69) is 13.0 Å². The molecule has 0 saturated carbocycles. The molecule has 0 aromatic heterocycles. The van der Waals surface area contributed by atoms with Gasteiger partial charge in [0.1, 0.15) is 5.78 Å². The second kappa shape index (κ2) is 6.15. The molecule has 17 heavy (non-hydrogen) atoms. The van der Waals surface area contributed by atoms with Crippen molar-refractivity contribution in [1.82, 2.24) is 0 Å². The highest BCUT2D eigenvalue weighted by molar-refractivity contribution is 5.83. The van der Waals surface area contributed by atoms with Crippen molar-refractivity contribution in [3.63, 3.8) is 0 Å². The lowest BCUT2D eigenvalue weighted by atomic mass is 9.87. The van der Waals surface area contributed by atoms with E-state index in [0.717, 1.165) is 24.0 Å². The van der Waals surface area contributed by atoms with Crippen molar-refractivity contribution < 1.29 is 9.90 Å². The van der Waals surface area contributed by atoms with Crippen molar-refractivity contribution in [3.05, 3.63) is 22.8 Å². The van der Waals surface area contributed by atoms with Crippen molar-refractivity contribution in [2.75, 3.05) is 0 Å². The second-order valence-electron chi connectivity index (χ2n) is 5.42. The molecule has 1 aliphatic carbocycles. The van der Waals surface area contributed by atoms with Gasteiger partial charge in [0.15, 0.2) is 0 Å². The zero-order valence-corrected chi connectivity index (χ0v) is 11.4. The second-order valence-corrected chi connectivity index (χ2v) is 5.42. The number of hydrogen-bond acceptors (Lipinski definition) is 2. The molecule has 0 amide bonds. The lowest BCUT2D eigenvalue weighted by molar-refractivity contribution is -0.122. The summed E-state index contributed by atoms with van der Waals surface area (Å²) in [6.07, 6.45) is 4.59. The topological polar surface area (TPSA) is 37.3 Å². The van der Waals surface area contributed by atoms with Crippen LogP contribution in [0.3, 0.4) is 0 Å². The average molecular weight is 236 g/mol. The molecule has 0 radical (unpaired) electrons. The molecule has 0 aliphatic heterocycles. The number of Topliss-reactive ketones (excluding diaryl/α,β-unsaturated/α-hetero) is 1. The summed E-state index contributed by atoms with van der Waals surface area (Å²) in [5.74, 6) is 0.354. The van der Waals surface area contributed by atoms with E-state index in [1.165, 1.54) is 5.57 Å². The summed E-state index contributed by atoms with van der Waals surface area (Å²) in [6.45, 7) is 7.99. The maximum absolute atomic E-state index is 12.0. The normalized spacial score (nSPS) is 30.8. The number of carbonyl (C=O) groups excluding carboxylic acids is 1. The molecule has 2 heteroatoms. The van der Waals surface area contributed by atoms with Gasteiger partial charge < -0.3 is 5.11 Å². The van der Waals surface area contributed by atoms with Crippen molar-refractivity contribution in [1.29, 1.82) is 0 Å². The molecule has 1 aliphatic rings. The van der Waals surface area contributed by atoms with Gasteiger partial charge in [-0.2, -0.15) is 0 Å². The van der Waals surface area contributed by atoms with Gasteiger partial charge in [0, 0.05) is 12.3 Å². The monoisotopic (exact) mass is 236 g/mol. The molecule has 0 aromatic rings. The van der Waals surface area contributed by atoms with Crippen molar-refractivity contribution >= 4 is 5.78 Å². The van der Waals surface area contributed by atoms with Crippen molar-refractivity contribution in [2.24, 2.45) is 5.92 Å². The van der Waals surface area contributed by atoms with Crippen LogP contribution in [-0.4, -0.2) is 17.0 Å². The van der Waals surface area contributed by atoms with Crippen LogP contribution >= 0.6 is 0 Å². The van der Waals surface area contributed by atoms with Gasteiger partial charge >= 0.3 is 0 Å². The summed E-state index contributed by atoms with van der Waals surface area (Å²) in [5.41, 5.74) is 3.21. The third-order valence-electron chi connectivity index (χ3n) is 3.57. The van der Waals surface area contributed by atoms with Gasteiger partial charge in [-0.15, -0.1) is 0 Å². The largest absolute Gasteiger partial charge is 0.388 e. The Morgan fingerprint density at radius 1 is 1.41 bits per heavy atom. The maximum Gasteiger partial charge on any atom is 0.139 e. The first-order valence-corrected chi connectivity index (χ1v) is 6.44. The molecular formula is C15H24O2. The molecule has 1 unspecified atom stereocenters. The third kappa shape index (κ3) is 4.12. The quantitative estimate of drug-likeness (QED) is 0.654. The van der Waals surface area contributed by atoms with E-state index in [-0.39, 0.29) is 11.7 Å². The van der Waals surface area contributed by atoms with Gasteiger partial charge in [-0.05, 0) is 45.6 Å². The van der Waals surface area contributed by atoms with Gasteiger partial charge in [0.2, 0.25) is 0 Å². The van der Waals surface area contributed by atoms with Crippen LogP contribution in [0.25, 0.3) is 0 Å². The Hall–Kier alpha value is -0.890. The number of hydrogen-bond donors (Lipinski definition) is 1. The Bertz CT molecular complexity index is 346. The van der Waals surface area contributed by atoms with Crippen LogP contribution in [-0.2, 0) is 4.79 Å². The highest BCUT2D eigenvalue weighted by Crippen LogP contribution is 2.24. The van der Waals surface area contributed by atoms with Gasteiger partial charge in [-0.25, -0.2) is 0 Å². The van der Waals surface area contributed by atoms with Crippen LogP contribution in [0.5, 0.6) is 0 Å². The summed E-state index contributed by atoms with van der Waals surface area (Å²) in [4.78, 5) is 12.0. The highest BCUT2D eigenvalue weighted by Gasteiger charge is 2.21. The van der Waals surface area contributed by atoms with Gasteiger partial charge in [0.25, 0.3) is 0 Å². The van der Waals surface area contributed by atoms with E-state index in [1.807, 2.05) is 20.8 Å². The molecule has 2 nitrogen and oxygen atoms in total. The molecule has 2 atom stereocenters. The third-order valence-corrected chi connectivity index (χ3v) is 3.57. The molecule has 1 rings (SSSR count). The summed E-state index contributed by atoms with van der Waals surface area (Å²) in [7, 11) is 0. The minimum absolute atomic E-state index is 0.0960. The fourth-order valence-electron chi connectivity index (χ4n) is 2.24. The van der Waals surface area contributed by atoms with Crippen LogP contribution in [0.4, 0.5) is 0 Å². The van der Waals surface area contributed by atoms with Gasteiger partial charge in [-0.1, -0.05) is 24.1 Å². The van der Waals surface area contributed by atoms with E-state index in [1.54, 1.807) is 0 Å². The van der Waals surface area contributed by atoms with Crippen LogP contribution in [0.15, 0.2) is 22.8 Å². The number of ketones is 1. The van der Waals surface area contributed by atoms with Crippen molar-refractivity contribution in [2.45, 2.75) is 59.5 Å². The zero-order valence-electron chi connectivity index (χ0n) is 11.4. The van der Waals surface area contributed by atoms with Crippen LogP contribution in [0, 0.1) is 5.92 Å². The van der Waals surface area contributed by atoms with E-state index in [9.17, 15) is 9.90 Å². The Kier molecular flexibility index (Phi) is 5.13. The van der Waals surface area contributed by atoms with E-state index in [4.69, 9.17) is 0 Å². The van der Waals surface area contributed by atoms with E-state index in [0.29, 0.717) is 12.8 Å². The molecule has 1 N–H and O–H groups in total. The molecule has 0 aromatic carbocycles. The summed E-state index contributed by atoms with van der Waals surface area (Å²) >= 11 is 0. The van der Waals surface area contributed by atoms with E-state index >= 15 is 0 Å². The first-order valence-electron chi connectivity index (χ1n) is 6.44. The van der Waals surface area contributed by atoms with Crippen LogP contribution < -0.4 is 0 Å². The first-order chi connectivity index (χ1) is 7.91. The summed E-state index contributed by atoms with van der Waals surface area (Å²) in [5, 5.41) is 10.2. The molecule has 0 fully saturated rings. The highest BCUT2D eigenvalue weighted by atomic mass is 16.3. The minimum Gasteiger partial charge on any atom is -0.388 e. The predicted molar refractivity (Wildman–Crippen MR) is 70.8 cm³/mol. The lowest BCUT2D eigenvalue weighted by Crippen LogP contribution is -2.20. The minimum atomic E-state index is -0.495. The molecular weight excluding hydrogens is 212 g/mol. The lowest BCUT2D eigenvalue weighted by Gasteiger charge is -2.20. The smallest absolute Gasteiger partial charge is 0.139 e. The Balaban J connectivity index is 2.99. The summed E-state index contributed by atoms with van der Waals surface area (Å²) in [6, 6.07) is 0. The molecule has 0 bridgehead atoms. The number of carbonyl (C=O) groups is 1. The number of allylic oxidation sites excluding steroid dienone is 2. The predicted octanol–water partition coefficient (Wildman–Crippen LogP) is 3.41. The molecule has 96 valence electrons. The standard InChI is InChI=1S/C15H24O2/c1-10(2)13-9-14(16)12(4)7-5-6-11(3)8-15(13)17/h6,12,15,17H,5,7-9H2,1-4H3/b11-6+/t12-,15?/m0/s1. The van der Waals surface area contributed by atoms with Gasteiger partial charge in [-0.3, -0.25) is 4.79 Å². The van der Waals surface area contributed by atoms with Crippen molar-refractivity contribution in [3.8, 4) is 0 Å². The Labute approximate surface area is 104 Å². The fraction of sp³-hybridized carbons (Fsp3) is 0.667. The summed E-state index contributed by atoms with van der Waals surface area (Å²) < 4.78 is 0. The Morgan fingerprint density at radius 3 is 2.65 bits per heavy atom. The maximum atomic E-state index is 12.0.